The Hall–Kier alpha value is -2.28. The zero-order valence-electron chi connectivity index (χ0n) is 17.0. The molecular weight excluding hydrogens is 425 g/mol. The van der Waals surface area contributed by atoms with Crippen LogP contribution in [0.4, 0.5) is 11.4 Å². The zero-order valence-corrected chi connectivity index (χ0v) is 18.5. The van der Waals surface area contributed by atoms with Crippen LogP contribution in [-0.4, -0.2) is 43.0 Å². The van der Waals surface area contributed by atoms with Gasteiger partial charge in [0.1, 0.15) is 5.75 Å². The molecule has 1 aliphatic heterocycles. The van der Waals surface area contributed by atoms with E-state index in [2.05, 4.69) is 15.5 Å². The Morgan fingerprint density at radius 3 is 2.43 bits per heavy atom. The molecule has 30 heavy (non-hydrogen) atoms. The van der Waals surface area contributed by atoms with Gasteiger partial charge in [0.05, 0.1) is 29.5 Å². The molecule has 1 atom stereocenters. The topological polar surface area (TPSA) is 70.7 Å². The molecule has 0 spiro atoms. The Morgan fingerprint density at radius 1 is 1.07 bits per heavy atom. The van der Waals surface area contributed by atoms with E-state index in [4.69, 9.17) is 27.9 Å². The van der Waals surface area contributed by atoms with Crippen molar-refractivity contribution in [2.45, 2.75) is 25.8 Å². The number of carbonyl (C=O) groups excluding carboxylic acids is 2. The van der Waals surface area contributed by atoms with E-state index < -0.39 is 0 Å². The minimum absolute atomic E-state index is 0.0239. The van der Waals surface area contributed by atoms with Crippen LogP contribution in [0.25, 0.3) is 0 Å². The van der Waals surface area contributed by atoms with Gasteiger partial charge < -0.3 is 15.4 Å². The molecule has 3 rings (SSSR count). The summed E-state index contributed by atoms with van der Waals surface area (Å²) in [7, 11) is 1.58. The molecule has 2 aromatic rings. The monoisotopic (exact) mass is 449 g/mol. The summed E-state index contributed by atoms with van der Waals surface area (Å²) in [4.78, 5) is 27.4. The summed E-state index contributed by atoms with van der Waals surface area (Å²) in [5.74, 6) is 0.363. The molecule has 1 saturated heterocycles. The van der Waals surface area contributed by atoms with Crippen LogP contribution < -0.4 is 15.4 Å². The SMILES string of the molecule is COc1ccccc1NC(=O)C1CCN(C(C)C(=O)Nc2ccc(Cl)cc2Cl)CC1. The van der Waals surface area contributed by atoms with E-state index in [0.717, 1.165) is 0 Å². The molecule has 0 saturated carbocycles. The molecule has 2 amide bonds. The number of nitrogens with one attached hydrogen (secondary N) is 2. The van der Waals surface area contributed by atoms with Gasteiger partial charge in [-0.15, -0.1) is 0 Å². The number of para-hydroxylation sites is 2. The van der Waals surface area contributed by atoms with Gasteiger partial charge in [-0.05, 0) is 63.2 Å². The molecule has 0 bridgehead atoms. The second-order valence-electron chi connectivity index (χ2n) is 7.29. The smallest absolute Gasteiger partial charge is 0.241 e. The molecule has 1 heterocycles. The Kier molecular flexibility index (Phi) is 7.58. The molecule has 8 heteroatoms. The van der Waals surface area contributed by atoms with E-state index in [1.807, 2.05) is 31.2 Å². The van der Waals surface area contributed by atoms with Gasteiger partial charge in [-0.2, -0.15) is 0 Å². The van der Waals surface area contributed by atoms with Gasteiger partial charge in [0.2, 0.25) is 11.8 Å². The third-order valence-corrected chi connectivity index (χ3v) is 5.93. The van der Waals surface area contributed by atoms with Crippen molar-refractivity contribution in [3.8, 4) is 5.75 Å². The lowest BCUT2D eigenvalue weighted by Crippen LogP contribution is -2.47. The van der Waals surface area contributed by atoms with E-state index >= 15 is 0 Å². The number of hydrogen-bond acceptors (Lipinski definition) is 4. The first kappa shape index (κ1) is 22.4. The molecule has 1 fully saturated rings. The number of benzene rings is 2. The normalized spacial score (nSPS) is 16.0. The zero-order chi connectivity index (χ0) is 21.7. The minimum atomic E-state index is -0.338. The maximum atomic E-state index is 12.7. The summed E-state index contributed by atoms with van der Waals surface area (Å²) in [6.45, 7) is 3.17. The van der Waals surface area contributed by atoms with Crippen molar-refractivity contribution >= 4 is 46.4 Å². The maximum absolute atomic E-state index is 12.7. The Labute approximate surface area is 186 Å². The summed E-state index contributed by atoms with van der Waals surface area (Å²) in [6.07, 6.45) is 1.36. The number of halogens is 2. The van der Waals surface area contributed by atoms with Crippen molar-refractivity contribution in [3.63, 3.8) is 0 Å². The summed E-state index contributed by atoms with van der Waals surface area (Å²) in [5, 5.41) is 6.72. The van der Waals surface area contributed by atoms with Crippen molar-refractivity contribution in [3.05, 3.63) is 52.5 Å². The van der Waals surface area contributed by atoms with Crippen LogP contribution in [0.1, 0.15) is 19.8 Å². The van der Waals surface area contributed by atoms with E-state index in [0.29, 0.717) is 53.1 Å². The highest BCUT2D eigenvalue weighted by atomic mass is 35.5. The highest BCUT2D eigenvalue weighted by molar-refractivity contribution is 6.36. The third kappa shape index (κ3) is 5.45. The number of methoxy groups -OCH3 is 1. The average molecular weight is 450 g/mol. The number of amides is 2. The summed E-state index contributed by atoms with van der Waals surface area (Å²) < 4.78 is 5.29. The lowest BCUT2D eigenvalue weighted by molar-refractivity contribution is -0.123. The van der Waals surface area contributed by atoms with Crippen LogP contribution in [-0.2, 0) is 9.59 Å². The number of likely N-dealkylation sites (tertiary alicyclic amines) is 1. The standard InChI is InChI=1S/C22H25Cl2N3O3/c1-14(21(28)25-18-8-7-16(23)13-17(18)24)27-11-9-15(10-12-27)22(29)26-19-5-3-4-6-20(19)30-2/h3-8,13-15H,9-12H2,1-2H3,(H,25,28)(H,26,29). The first-order chi connectivity index (χ1) is 14.4. The molecule has 2 aromatic carbocycles. The molecule has 1 aliphatic rings. The lowest BCUT2D eigenvalue weighted by Gasteiger charge is -2.34. The van der Waals surface area contributed by atoms with E-state index in [9.17, 15) is 9.59 Å². The van der Waals surface area contributed by atoms with Gasteiger partial charge in [-0.3, -0.25) is 14.5 Å². The predicted molar refractivity (Wildman–Crippen MR) is 120 cm³/mol. The number of nitrogens with zero attached hydrogens (tertiary/aromatic N) is 1. The van der Waals surface area contributed by atoms with Gasteiger partial charge in [0, 0.05) is 10.9 Å². The van der Waals surface area contributed by atoms with Crippen molar-refractivity contribution < 1.29 is 14.3 Å². The van der Waals surface area contributed by atoms with Gasteiger partial charge >= 0.3 is 0 Å². The van der Waals surface area contributed by atoms with Crippen molar-refractivity contribution in [2.24, 2.45) is 5.92 Å². The summed E-state index contributed by atoms with van der Waals surface area (Å²) >= 11 is 12.0. The second-order valence-corrected chi connectivity index (χ2v) is 8.13. The molecule has 0 radical (unpaired) electrons. The summed E-state index contributed by atoms with van der Waals surface area (Å²) in [6, 6.07) is 12.0. The molecule has 6 nitrogen and oxygen atoms in total. The number of ether oxygens (including phenoxy) is 1. The van der Waals surface area contributed by atoms with Crippen LogP contribution in [0.5, 0.6) is 5.75 Å². The molecular formula is C22H25Cl2N3O3. The Balaban J connectivity index is 1.52. The van der Waals surface area contributed by atoms with E-state index in [1.165, 1.54) is 0 Å². The number of carbonyl (C=O) groups is 2. The van der Waals surface area contributed by atoms with Gasteiger partial charge in [0.25, 0.3) is 0 Å². The number of anilines is 2. The summed E-state index contributed by atoms with van der Waals surface area (Å²) in [5.41, 5.74) is 1.20. The third-order valence-electron chi connectivity index (χ3n) is 5.38. The quantitative estimate of drug-likeness (QED) is 0.671. The van der Waals surface area contributed by atoms with Crippen molar-refractivity contribution in [1.29, 1.82) is 0 Å². The first-order valence-corrected chi connectivity index (χ1v) is 10.6. The van der Waals surface area contributed by atoms with Crippen LogP contribution in [0.15, 0.2) is 42.5 Å². The predicted octanol–water partition coefficient (Wildman–Crippen LogP) is 4.68. The minimum Gasteiger partial charge on any atom is -0.495 e. The van der Waals surface area contributed by atoms with Crippen LogP contribution >= 0.6 is 23.2 Å². The lowest BCUT2D eigenvalue weighted by atomic mass is 9.94. The highest BCUT2D eigenvalue weighted by Gasteiger charge is 2.30. The average Bonchev–Trinajstić information content (AvgIpc) is 2.75. The van der Waals surface area contributed by atoms with Crippen molar-refractivity contribution in [1.82, 2.24) is 4.90 Å². The van der Waals surface area contributed by atoms with Crippen LogP contribution in [0, 0.1) is 5.92 Å². The fraction of sp³-hybridized carbons (Fsp3) is 0.364. The first-order valence-electron chi connectivity index (χ1n) is 9.83. The molecule has 0 aromatic heterocycles. The van der Waals surface area contributed by atoms with E-state index in [-0.39, 0.29) is 23.8 Å². The van der Waals surface area contributed by atoms with Gasteiger partial charge in [-0.1, -0.05) is 35.3 Å². The fourth-order valence-corrected chi connectivity index (χ4v) is 3.98. The molecule has 0 aliphatic carbocycles. The molecule has 160 valence electrons. The van der Waals surface area contributed by atoms with Crippen LogP contribution in [0.2, 0.25) is 10.0 Å². The second kappa shape index (κ2) is 10.2. The maximum Gasteiger partial charge on any atom is 0.241 e. The largest absolute Gasteiger partial charge is 0.495 e. The van der Waals surface area contributed by atoms with Crippen LogP contribution in [0.3, 0.4) is 0 Å². The fourth-order valence-electron chi connectivity index (χ4n) is 3.53. The number of rotatable bonds is 6. The number of hydrogen-bond donors (Lipinski definition) is 2. The number of piperidine rings is 1. The Morgan fingerprint density at radius 2 is 1.77 bits per heavy atom. The molecule has 2 N–H and O–H groups in total. The van der Waals surface area contributed by atoms with Crippen molar-refractivity contribution in [2.75, 3.05) is 30.8 Å². The highest BCUT2D eigenvalue weighted by Crippen LogP contribution is 2.28. The Bertz CT molecular complexity index is 914. The van der Waals surface area contributed by atoms with E-state index in [1.54, 1.807) is 25.3 Å². The van der Waals surface area contributed by atoms with Gasteiger partial charge in [-0.25, -0.2) is 0 Å². The van der Waals surface area contributed by atoms with Gasteiger partial charge in [0.15, 0.2) is 0 Å². The molecule has 1 unspecified atom stereocenters.